The highest BCUT2D eigenvalue weighted by Crippen LogP contribution is 2.14. The minimum atomic E-state index is -1.22. The molecule has 0 unspecified atom stereocenters. The summed E-state index contributed by atoms with van der Waals surface area (Å²) < 4.78 is 0. The molecule has 1 rings (SSSR count). The lowest BCUT2D eigenvalue weighted by Crippen LogP contribution is -2.48. The second-order valence-corrected chi connectivity index (χ2v) is 4.25. The van der Waals surface area contributed by atoms with Gasteiger partial charge in [0.2, 0.25) is 0 Å². The van der Waals surface area contributed by atoms with Crippen LogP contribution in [0, 0.1) is 11.3 Å². The van der Waals surface area contributed by atoms with Crippen molar-refractivity contribution in [2.24, 2.45) is 0 Å². The summed E-state index contributed by atoms with van der Waals surface area (Å²) in [6.45, 7) is -0.196. The molecule has 0 aliphatic carbocycles. The van der Waals surface area contributed by atoms with Crippen LogP contribution < -0.4 is 10.2 Å². The molecule has 1 aromatic carbocycles. The van der Waals surface area contributed by atoms with Gasteiger partial charge < -0.3 is 15.5 Å². The van der Waals surface area contributed by atoms with Crippen molar-refractivity contribution in [1.82, 2.24) is 5.32 Å². The number of carboxylic acids is 1. The van der Waals surface area contributed by atoms with Crippen molar-refractivity contribution in [2.45, 2.75) is 18.9 Å². The van der Waals surface area contributed by atoms with Crippen LogP contribution in [0.4, 0.5) is 10.5 Å². The summed E-state index contributed by atoms with van der Waals surface area (Å²) in [4.78, 5) is 24.5. The monoisotopic (exact) mass is 291 g/mol. The molecule has 0 heterocycles. The molecule has 21 heavy (non-hydrogen) atoms. The first-order valence-corrected chi connectivity index (χ1v) is 6.43. The molecule has 0 spiro atoms. The molecule has 0 radical (unpaired) electrons. The lowest BCUT2D eigenvalue weighted by atomic mass is 10.2. The standard InChI is InChI=1S/C14H17N3O4/c15-8-4-9-17(11-5-2-1-3-6-11)14(21)16-12(7-10-18)13(19)20/h1-3,5-6,12,18H,4,7,9-10H2,(H,16,21)(H,19,20)/t12-/m1/s1. The molecule has 0 saturated carbocycles. The topological polar surface area (TPSA) is 114 Å². The number of aliphatic hydroxyl groups is 1. The summed E-state index contributed by atoms with van der Waals surface area (Å²) in [5.74, 6) is -1.22. The van der Waals surface area contributed by atoms with Crippen LogP contribution in [0.25, 0.3) is 0 Å². The number of nitrogens with one attached hydrogen (secondary N) is 1. The molecule has 0 aliphatic rings. The van der Waals surface area contributed by atoms with E-state index >= 15 is 0 Å². The molecule has 3 N–H and O–H groups in total. The smallest absolute Gasteiger partial charge is 0.326 e. The van der Waals surface area contributed by atoms with Gasteiger partial charge in [0.05, 0.1) is 12.5 Å². The average molecular weight is 291 g/mol. The maximum Gasteiger partial charge on any atom is 0.326 e. The number of carbonyl (C=O) groups excluding carboxylic acids is 1. The average Bonchev–Trinajstić information content (AvgIpc) is 2.48. The van der Waals surface area contributed by atoms with Gasteiger partial charge in [-0.2, -0.15) is 5.26 Å². The molecule has 7 nitrogen and oxygen atoms in total. The zero-order valence-electron chi connectivity index (χ0n) is 11.4. The number of aliphatic carboxylic acids is 1. The number of hydrogen-bond donors (Lipinski definition) is 3. The van der Waals surface area contributed by atoms with Crippen LogP contribution >= 0.6 is 0 Å². The molecule has 2 amide bonds. The molecule has 112 valence electrons. The van der Waals surface area contributed by atoms with Crippen LogP contribution in [-0.4, -0.2) is 41.4 Å². The molecule has 0 bridgehead atoms. The largest absolute Gasteiger partial charge is 0.480 e. The van der Waals surface area contributed by atoms with Crippen molar-refractivity contribution in [3.8, 4) is 6.07 Å². The van der Waals surface area contributed by atoms with Gasteiger partial charge in [-0.25, -0.2) is 9.59 Å². The Balaban J connectivity index is 2.85. The Morgan fingerprint density at radius 1 is 1.33 bits per heavy atom. The van der Waals surface area contributed by atoms with E-state index in [1.165, 1.54) is 4.90 Å². The van der Waals surface area contributed by atoms with E-state index in [-0.39, 0.29) is 26.0 Å². The molecule has 1 atom stereocenters. The summed E-state index contributed by atoms with van der Waals surface area (Å²) in [5.41, 5.74) is 0.568. The fraction of sp³-hybridized carbons (Fsp3) is 0.357. The molecule has 1 aromatic rings. The minimum Gasteiger partial charge on any atom is -0.480 e. The van der Waals surface area contributed by atoms with Crippen LogP contribution in [0.15, 0.2) is 30.3 Å². The number of nitriles is 1. The predicted molar refractivity (Wildman–Crippen MR) is 75.7 cm³/mol. The number of rotatable bonds is 7. The first-order chi connectivity index (χ1) is 10.1. The van der Waals surface area contributed by atoms with E-state index in [0.717, 1.165) is 0 Å². The number of hydrogen-bond acceptors (Lipinski definition) is 4. The molecule has 0 aliphatic heterocycles. The Bertz CT molecular complexity index is 513. The lowest BCUT2D eigenvalue weighted by Gasteiger charge is -2.24. The van der Waals surface area contributed by atoms with Gasteiger partial charge in [0.15, 0.2) is 0 Å². The summed E-state index contributed by atoms with van der Waals surface area (Å²) in [7, 11) is 0. The third-order valence-corrected chi connectivity index (χ3v) is 2.77. The highest BCUT2D eigenvalue weighted by molar-refractivity contribution is 5.94. The third-order valence-electron chi connectivity index (χ3n) is 2.77. The Labute approximate surface area is 122 Å². The molecular formula is C14H17N3O4. The van der Waals surface area contributed by atoms with E-state index in [4.69, 9.17) is 15.5 Å². The fourth-order valence-corrected chi connectivity index (χ4v) is 1.73. The predicted octanol–water partition coefficient (Wildman–Crippen LogP) is 0.952. The number of para-hydroxylation sites is 1. The van der Waals surface area contributed by atoms with Gasteiger partial charge in [0, 0.05) is 25.3 Å². The van der Waals surface area contributed by atoms with Crippen molar-refractivity contribution < 1.29 is 19.8 Å². The van der Waals surface area contributed by atoms with E-state index in [1.54, 1.807) is 30.3 Å². The number of amides is 2. The maximum atomic E-state index is 12.2. The quantitative estimate of drug-likeness (QED) is 0.692. The van der Waals surface area contributed by atoms with E-state index < -0.39 is 18.0 Å². The van der Waals surface area contributed by atoms with Crippen molar-refractivity contribution >= 4 is 17.7 Å². The normalized spacial score (nSPS) is 11.2. The second kappa shape index (κ2) is 8.55. The van der Waals surface area contributed by atoms with Crippen molar-refractivity contribution in [3.63, 3.8) is 0 Å². The second-order valence-electron chi connectivity index (χ2n) is 4.25. The van der Waals surface area contributed by atoms with E-state index in [9.17, 15) is 9.59 Å². The Kier molecular flexibility index (Phi) is 6.71. The molecule has 7 heteroatoms. The summed E-state index contributed by atoms with van der Waals surface area (Å²) >= 11 is 0. The third kappa shape index (κ3) is 5.12. The number of benzene rings is 1. The van der Waals surface area contributed by atoms with Crippen molar-refractivity contribution in [3.05, 3.63) is 30.3 Å². The highest BCUT2D eigenvalue weighted by Gasteiger charge is 2.23. The van der Waals surface area contributed by atoms with Gasteiger partial charge in [-0.15, -0.1) is 0 Å². The molecule has 0 saturated heterocycles. The van der Waals surface area contributed by atoms with E-state index in [0.29, 0.717) is 5.69 Å². The fourth-order valence-electron chi connectivity index (χ4n) is 1.73. The van der Waals surface area contributed by atoms with Gasteiger partial charge in [0.1, 0.15) is 6.04 Å². The number of carbonyl (C=O) groups is 2. The first kappa shape index (κ1) is 16.5. The van der Waals surface area contributed by atoms with Crippen LogP contribution in [0.3, 0.4) is 0 Å². The Morgan fingerprint density at radius 3 is 2.52 bits per heavy atom. The number of nitrogens with zero attached hydrogens (tertiary/aromatic N) is 2. The SMILES string of the molecule is N#CCCN(C(=O)N[C@H](CCO)C(=O)O)c1ccccc1. The van der Waals surface area contributed by atoms with Crippen molar-refractivity contribution in [1.29, 1.82) is 5.26 Å². The molecule has 0 aromatic heterocycles. The molecular weight excluding hydrogens is 274 g/mol. The van der Waals surface area contributed by atoms with E-state index in [1.807, 2.05) is 6.07 Å². The zero-order valence-corrected chi connectivity index (χ0v) is 11.4. The van der Waals surface area contributed by atoms with Gasteiger partial charge >= 0.3 is 12.0 Å². The van der Waals surface area contributed by atoms with Crippen LogP contribution in [-0.2, 0) is 4.79 Å². The highest BCUT2D eigenvalue weighted by atomic mass is 16.4. The van der Waals surface area contributed by atoms with Crippen LogP contribution in [0.1, 0.15) is 12.8 Å². The number of carboxylic acid groups (broad SMARTS) is 1. The lowest BCUT2D eigenvalue weighted by molar-refractivity contribution is -0.139. The zero-order chi connectivity index (χ0) is 15.7. The van der Waals surface area contributed by atoms with Gasteiger partial charge in [0.25, 0.3) is 0 Å². The molecule has 0 fully saturated rings. The van der Waals surface area contributed by atoms with E-state index in [2.05, 4.69) is 5.32 Å². The van der Waals surface area contributed by atoms with Crippen LogP contribution in [0.5, 0.6) is 0 Å². The summed E-state index contributed by atoms with van der Waals surface area (Å²) in [6, 6.07) is 8.82. The minimum absolute atomic E-state index is 0.0814. The number of anilines is 1. The van der Waals surface area contributed by atoms with Gasteiger partial charge in [-0.1, -0.05) is 18.2 Å². The van der Waals surface area contributed by atoms with Crippen molar-refractivity contribution in [2.75, 3.05) is 18.1 Å². The number of urea groups is 1. The maximum absolute atomic E-state index is 12.2. The first-order valence-electron chi connectivity index (χ1n) is 6.43. The van der Waals surface area contributed by atoms with Gasteiger partial charge in [-0.05, 0) is 12.1 Å². The summed E-state index contributed by atoms with van der Waals surface area (Å²) in [5, 5.41) is 28.8. The Morgan fingerprint density at radius 2 is 2.00 bits per heavy atom. The number of aliphatic hydroxyl groups excluding tert-OH is 1. The Hall–Kier alpha value is -2.59. The van der Waals surface area contributed by atoms with Gasteiger partial charge in [-0.3, -0.25) is 4.90 Å². The van der Waals surface area contributed by atoms with Crippen LogP contribution in [0.2, 0.25) is 0 Å². The summed E-state index contributed by atoms with van der Waals surface area (Å²) in [6.07, 6.45) is 0.0437.